The van der Waals surface area contributed by atoms with Crippen LogP contribution in [0, 0.1) is 5.92 Å². The predicted octanol–water partition coefficient (Wildman–Crippen LogP) is 2.06. The summed E-state index contributed by atoms with van der Waals surface area (Å²) in [6, 6.07) is 1.34. The molecule has 19 heavy (non-hydrogen) atoms. The molecule has 3 rings (SSSR count). The summed E-state index contributed by atoms with van der Waals surface area (Å²) in [6.45, 7) is 6.20. The van der Waals surface area contributed by atoms with Crippen LogP contribution in [0.15, 0.2) is 0 Å². The van der Waals surface area contributed by atoms with E-state index in [2.05, 4.69) is 9.80 Å². The molecule has 3 fully saturated rings. The number of hydrogen-bond acceptors (Lipinski definition) is 3. The van der Waals surface area contributed by atoms with Crippen molar-refractivity contribution in [3.63, 3.8) is 0 Å². The minimum Gasteiger partial charge on any atom is -0.326 e. The highest BCUT2D eigenvalue weighted by atomic mass is 15.3. The molecular weight excluding hydrogens is 234 g/mol. The van der Waals surface area contributed by atoms with Crippen molar-refractivity contribution in [2.45, 2.75) is 63.5 Å². The second-order valence-electron chi connectivity index (χ2n) is 6.98. The standard InChI is InChI=1S/C16H31N3/c17-16(14-5-1-2-6-14)13-18-9-11-19(12-10-18)15-7-3-4-8-15/h14-16H,1-13,17H2. The van der Waals surface area contributed by atoms with Gasteiger partial charge in [-0.2, -0.15) is 0 Å². The SMILES string of the molecule is NC(CN1CCN(C2CCCC2)CC1)C1CCCC1. The second-order valence-corrected chi connectivity index (χ2v) is 6.98. The highest BCUT2D eigenvalue weighted by Crippen LogP contribution is 2.28. The number of hydrogen-bond donors (Lipinski definition) is 1. The molecule has 1 saturated heterocycles. The molecule has 3 heteroatoms. The Balaban J connectivity index is 1.39. The first-order valence-corrected chi connectivity index (χ1v) is 8.55. The van der Waals surface area contributed by atoms with E-state index in [1.807, 2.05) is 0 Å². The van der Waals surface area contributed by atoms with E-state index in [9.17, 15) is 0 Å². The van der Waals surface area contributed by atoms with Gasteiger partial charge in [-0.05, 0) is 31.6 Å². The molecule has 110 valence electrons. The largest absolute Gasteiger partial charge is 0.326 e. The van der Waals surface area contributed by atoms with Crippen molar-refractivity contribution in [2.75, 3.05) is 32.7 Å². The Morgan fingerprint density at radius 2 is 1.42 bits per heavy atom. The first kappa shape index (κ1) is 13.8. The maximum atomic E-state index is 6.41. The van der Waals surface area contributed by atoms with Crippen molar-refractivity contribution in [1.29, 1.82) is 0 Å². The van der Waals surface area contributed by atoms with Crippen LogP contribution in [0.1, 0.15) is 51.4 Å². The zero-order valence-electron chi connectivity index (χ0n) is 12.4. The Morgan fingerprint density at radius 3 is 2.05 bits per heavy atom. The Hall–Kier alpha value is -0.120. The van der Waals surface area contributed by atoms with E-state index in [-0.39, 0.29) is 0 Å². The second kappa shape index (κ2) is 6.55. The monoisotopic (exact) mass is 265 g/mol. The van der Waals surface area contributed by atoms with Crippen LogP contribution in [-0.2, 0) is 0 Å². The van der Waals surface area contributed by atoms with E-state index in [1.165, 1.54) is 77.5 Å². The summed E-state index contributed by atoms with van der Waals surface area (Å²) in [7, 11) is 0. The van der Waals surface area contributed by atoms with Crippen LogP contribution in [-0.4, -0.2) is 54.6 Å². The fourth-order valence-corrected chi connectivity index (χ4v) is 4.41. The molecule has 3 nitrogen and oxygen atoms in total. The molecule has 3 aliphatic rings. The van der Waals surface area contributed by atoms with Crippen molar-refractivity contribution >= 4 is 0 Å². The van der Waals surface area contributed by atoms with Gasteiger partial charge in [-0.15, -0.1) is 0 Å². The molecule has 1 heterocycles. The third-order valence-electron chi connectivity index (χ3n) is 5.72. The van der Waals surface area contributed by atoms with Crippen molar-refractivity contribution in [2.24, 2.45) is 11.7 Å². The average molecular weight is 265 g/mol. The van der Waals surface area contributed by atoms with Crippen molar-refractivity contribution in [1.82, 2.24) is 9.80 Å². The molecule has 2 saturated carbocycles. The molecular formula is C16H31N3. The number of rotatable bonds is 4. The Bertz CT molecular complexity index is 261. The van der Waals surface area contributed by atoms with Gasteiger partial charge in [0, 0.05) is 44.8 Å². The summed E-state index contributed by atoms with van der Waals surface area (Å²) in [5, 5.41) is 0. The quantitative estimate of drug-likeness (QED) is 0.844. The van der Waals surface area contributed by atoms with E-state index in [0.717, 1.165) is 18.5 Å². The molecule has 0 aromatic rings. The molecule has 0 amide bonds. The molecule has 1 unspecified atom stereocenters. The van der Waals surface area contributed by atoms with Crippen LogP contribution in [0.25, 0.3) is 0 Å². The summed E-state index contributed by atoms with van der Waals surface area (Å²) < 4.78 is 0. The Morgan fingerprint density at radius 1 is 0.842 bits per heavy atom. The molecule has 1 aliphatic heterocycles. The predicted molar refractivity (Wildman–Crippen MR) is 80.2 cm³/mol. The molecule has 0 aromatic carbocycles. The van der Waals surface area contributed by atoms with Crippen LogP contribution in [0.4, 0.5) is 0 Å². The molecule has 0 aromatic heterocycles. The molecule has 1 atom stereocenters. The summed E-state index contributed by atoms with van der Waals surface area (Å²) in [5.74, 6) is 0.813. The minimum absolute atomic E-state index is 0.431. The minimum atomic E-state index is 0.431. The van der Waals surface area contributed by atoms with Crippen LogP contribution in [0.3, 0.4) is 0 Å². The lowest BCUT2D eigenvalue weighted by atomic mass is 9.98. The number of nitrogens with two attached hydrogens (primary N) is 1. The van der Waals surface area contributed by atoms with Gasteiger partial charge in [0.15, 0.2) is 0 Å². The van der Waals surface area contributed by atoms with Crippen LogP contribution in [0.2, 0.25) is 0 Å². The highest BCUT2D eigenvalue weighted by molar-refractivity contribution is 4.85. The van der Waals surface area contributed by atoms with E-state index >= 15 is 0 Å². The van der Waals surface area contributed by atoms with Crippen LogP contribution in [0.5, 0.6) is 0 Å². The van der Waals surface area contributed by atoms with E-state index < -0.39 is 0 Å². The number of piperazine rings is 1. The lowest BCUT2D eigenvalue weighted by molar-refractivity contribution is 0.0898. The summed E-state index contributed by atoms with van der Waals surface area (Å²) in [4.78, 5) is 5.36. The van der Waals surface area contributed by atoms with Gasteiger partial charge in [-0.25, -0.2) is 0 Å². The van der Waals surface area contributed by atoms with Gasteiger partial charge in [-0.3, -0.25) is 9.80 Å². The van der Waals surface area contributed by atoms with Gasteiger partial charge in [-0.1, -0.05) is 25.7 Å². The molecule has 2 N–H and O–H groups in total. The Kier molecular flexibility index (Phi) is 4.78. The highest BCUT2D eigenvalue weighted by Gasteiger charge is 2.28. The van der Waals surface area contributed by atoms with Gasteiger partial charge >= 0.3 is 0 Å². The van der Waals surface area contributed by atoms with Crippen LogP contribution >= 0.6 is 0 Å². The van der Waals surface area contributed by atoms with E-state index in [4.69, 9.17) is 5.73 Å². The first-order chi connectivity index (χ1) is 9.33. The molecule has 2 aliphatic carbocycles. The topological polar surface area (TPSA) is 32.5 Å². The number of nitrogens with zero attached hydrogens (tertiary/aromatic N) is 2. The van der Waals surface area contributed by atoms with Gasteiger partial charge in [0.05, 0.1) is 0 Å². The van der Waals surface area contributed by atoms with Gasteiger partial charge in [0.1, 0.15) is 0 Å². The molecule has 0 spiro atoms. The van der Waals surface area contributed by atoms with E-state index in [1.54, 1.807) is 0 Å². The smallest absolute Gasteiger partial charge is 0.0196 e. The summed E-state index contributed by atoms with van der Waals surface area (Å²) in [6.07, 6.45) is 11.4. The van der Waals surface area contributed by atoms with Crippen molar-refractivity contribution < 1.29 is 0 Å². The third-order valence-corrected chi connectivity index (χ3v) is 5.72. The third kappa shape index (κ3) is 3.50. The average Bonchev–Trinajstić information content (AvgIpc) is 3.13. The van der Waals surface area contributed by atoms with E-state index in [0.29, 0.717) is 6.04 Å². The Labute approximate surface area is 118 Å². The maximum absolute atomic E-state index is 6.41. The van der Waals surface area contributed by atoms with Gasteiger partial charge < -0.3 is 5.73 Å². The summed E-state index contributed by atoms with van der Waals surface area (Å²) >= 11 is 0. The zero-order chi connectivity index (χ0) is 13.1. The fraction of sp³-hybridized carbons (Fsp3) is 1.00. The maximum Gasteiger partial charge on any atom is 0.0196 e. The van der Waals surface area contributed by atoms with Gasteiger partial charge in [0.25, 0.3) is 0 Å². The lowest BCUT2D eigenvalue weighted by Gasteiger charge is -2.39. The molecule has 0 bridgehead atoms. The fourth-order valence-electron chi connectivity index (χ4n) is 4.41. The van der Waals surface area contributed by atoms with Gasteiger partial charge in [0.2, 0.25) is 0 Å². The van der Waals surface area contributed by atoms with Crippen molar-refractivity contribution in [3.8, 4) is 0 Å². The molecule has 0 radical (unpaired) electrons. The first-order valence-electron chi connectivity index (χ1n) is 8.55. The normalized spacial score (nSPS) is 30.2. The van der Waals surface area contributed by atoms with Crippen LogP contribution < -0.4 is 5.73 Å². The lowest BCUT2D eigenvalue weighted by Crippen LogP contribution is -2.53. The van der Waals surface area contributed by atoms with Crippen molar-refractivity contribution in [3.05, 3.63) is 0 Å². The zero-order valence-corrected chi connectivity index (χ0v) is 12.4. The summed E-state index contributed by atoms with van der Waals surface area (Å²) in [5.41, 5.74) is 6.41.